The standard InChI is InChI=1S/C28H22N4O4/c1-15-5-6-16(2)23(12-15)32-27(35)19-9-7-17(13-20(19)28(32)36)25(33)29-18-8-10-22-21(14-18)26(34)31-11-3-4-24(31)30-22/h5-10,12-14H,3-4,11H2,1-2H3,(H,29,33). The summed E-state index contributed by atoms with van der Waals surface area (Å²) in [5.74, 6) is -0.531. The third kappa shape index (κ3) is 3.33. The van der Waals surface area contributed by atoms with Gasteiger partial charge < -0.3 is 5.32 Å². The molecule has 0 fully saturated rings. The van der Waals surface area contributed by atoms with Crippen LogP contribution >= 0.6 is 0 Å². The summed E-state index contributed by atoms with van der Waals surface area (Å²) < 4.78 is 1.68. The number of aromatic nitrogens is 2. The van der Waals surface area contributed by atoms with Crippen LogP contribution in [0, 0.1) is 13.8 Å². The maximum absolute atomic E-state index is 13.2. The van der Waals surface area contributed by atoms with Crippen LogP contribution in [-0.4, -0.2) is 27.3 Å². The van der Waals surface area contributed by atoms with Gasteiger partial charge in [0.2, 0.25) is 0 Å². The lowest BCUT2D eigenvalue weighted by Gasteiger charge is -2.17. The Kier molecular flexibility index (Phi) is 4.86. The second-order valence-corrected chi connectivity index (χ2v) is 9.27. The molecule has 8 nitrogen and oxygen atoms in total. The average Bonchev–Trinajstić information content (AvgIpc) is 3.44. The highest BCUT2D eigenvalue weighted by molar-refractivity contribution is 6.35. The summed E-state index contributed by atoms with van der Waals surface area (Å²) in [7, 11) is 0. The zero-order chi connectivity index (χ0) is 25.1. The van der Waals surface area contributed by atoms with Crippen LogP contribution in [0.5, 0.6) is 0 Å². The molecule has 2 aliphatic heterocycles. The lowest BCUT2D eigenvalue weighted by atomic mass is 10.1. The van der Waals surface area contributed by atoms with E-state index >= 15 is 0 Å². The van der Waals surface area contributed by atoms with Crippen LogP contribution in [0.25, 0.3) is 10.9 Å². The van der Waals surface area contributed by atoms with Crippen molar-refractivity contribution in [1.82, 2.24) is 9.55 Å². The summed E-state index contributed by atoms with van der Waals surface area (Å²) in [6.45, 7) is 4.39. The van der Waals surface area contributed by atoms with Crippen molar-refractivity contribution in [1.29, 1.82) is 0 Å². The van der Waals surface area contributed by atoms with Crippen molar-refractivity contribution in [3.8, 4) is 0 Å². The molecular weight excluding hydrogens is 456 g/mol. The van der Waals surface area contributed by atoms with E-state index in [4.69, 9.17) is 0 Å². The summed E-state index contributed by atoms with van der Waals surface area (Å²) in [5.41, 5.74) is 3.89. The molecule has 3 aromatic carbocycles. The Hall–Kier alpha value is -4.59. The maximum atomic E-state index is 13.2. The fourth-order valence-electron chi connectivity index (χ4n) is 4.93. The van der Waals surface area contributed by atoms with Crippen LogP contribution in [0.3, 0.4) is 0 Å². The number of benzene rings is 3. The molecule has 8 heteroatoms. The van der Waals surface area contributed by atoms with E-state index in [2.05, 4.69) is 10.3 Å². The Morgan fingerprint density at radius 3 is 2.56 bits per heavy atom. The summed E-state index contributed by atoms with van der Waals surface area (Å²) >= 11 is 0. The van der Waals surface area contributed by atoms with Gasteiger partial charge >= 0.3 is 0 Å². The summed E-state index contributed by atoms with van der Waals surface area (Å²) in [5, 5.41) is 3.24. The minimum absolute atomic E-state index is 0.114. The number of rotatable bonds is 3. The molecule has 6 rings (SSSR count). The van der Waals surface area contributed by atoms with Crippen LogP contribution in [0.4, 0.5) is 11.4 Å². The van der Waals surface area contributed by atoms with Crippen LogP contribution in [0.2, 0.25) is 0 Å². The number of anilines is 2. The van der Waals surface area contributed by atoms with Crippen LogP contribution in [0.15, 0.2) is 59.4 Å². The number of fused-ring (bicyclic) bond motifs is 3. The SMILES string of the molecule is Cc1ccc(C)c(N2C(=O)c3ccc(C(=O)Nc4ccc5nc6n(c(=O)c5c4)CCC6)cc3C2=O)c1. The first-order valence-electron chi connectivity index (χ1n) is 11.8. The van der Waals surface area contributed by atoms with E-state index in [0.717, 1.165) is 34.7 Å². The molecule has 4 aromatic rings. The summed E-state index contributed by atoms with van der Waals surface area (Å²) in [6.07, 6.45) is 1.67. The molecule has 3 heterocycles. The lowest BCUT2D eigenvalue weighted by molar-refractivity contribution is 0.0925. The van der Waals surface area contributed by atoms with Gasteiger partial charge in [0.05, 0.1) is 27.7 Å². The van der Waals surface area contributed by atoms with E-state index in [9.17, 15) is 19.2 Å². The molecule has 178 valence electrons. The predicted molar refractivity (Wildman–Crippen MR) is 136 cm³/mol. The third-order valence-electron chi connectivity index (χ3n) is 6.83. The predicted octanol–water partition coefficient (Wildman–Crippen LogP) is 4.01. The largest absolute Gasteiger partial charge is 0.322 e. The number of hydrogen-bond donors (Lipinski definition) is 1. The normalized spacial score (nSPS) is 14.3. The monoisotopic (exact) mass is 478 g/mol. The van der Waals surface area contributed by atoms with Gasteiger partial charge in [-0.1, -0.05) is 12.1 Å². The third-order valence-corrected chi connectivity index (χ3v) is 6.83. The number of amides is 3. The summed E-state index contributed by atoms with van der Waals surface area (Å²) in [6, 6.07) is 15.1. The molecule has 0 saturated heterocycles. The zero-order valence-electron chi connectivity index (χ0n) is 19.8. The molecule has 3 amide bonds. The van der Waals surface area contributed by atoms with E-state index in [0.29, 0.717) is 28.8 Å². The topological polar surface area (TPSA) is 101 Å². The first kappa shape index (κ1) is 21.9. The number of carbonyl (C=O) groups excluding carboxylic acids is 3. The molecule has 2 aliphatic rings. The number of nitrogens with zero attached hydrogens (tertiary/aromatic N) is 3. The first-order chi connectivity index (χ1) is 17.3. The highest BCUT2D eigenvalue weighted by Crippen LogP contribution is 2.32. The molecule has 0 atom stereocenters. The van der Waals surface area contributed by atoms with E-state index in [1.807, 2.05) is 26.0 Å². The minimum atomic E-state index is -0.461. The van der Waals surface area contributed by atoms with Crippen molar-refractivity contribution >= 4 is 40.0 Å². The van der Waals surface area contributed by atoms with Crippen LogP contribution < -0.4 is 15.8 Å². The van der Waals surface area contributed by atoms with Crippen molar-refractivity contribution in [3.05, 3.63) is 98.6 Å². The lowest BCUT2D eigenvalue weighted by Crippen LogP contribution is -2.30. The fraction of sp³-hybridized carbons (Fsp3) is 0.179. The number of imide groups is 1. The molecule has 0 spiro atoms. The molecule has 0 radical (unpaired) electrons. The Labute approximate surface area is 206 Å². The van der Waals surface area contributed by atoms with Gasteiger partial charge in [0.1, 0.15) is 5.82 Å². The average molecular weight is 479 g/mol. The molecule has 1 aromatic heterocycles. The molecule has 0 bridgehead atoms. The Morgan fingerprint density at radius 2 is 1.72 bits per heavy atom. The molecule has 0 saturated carbocycles. The summed E-state index contributed by atoms with van der Waals surface area (Å²) in [4.78, 5) is 57.9. The van der Waals surface area contributed by atoms with E-state index in [1.165, 1.54) is 18.2 Å². The van der Waals surface area contributed by atoms with Gasteiger partial charge in [-0.25, -0.2) is 9.88 Å². The second kappa shape index (κ2) is 7.98. The van der Waals surface area contributed by atoms with Gasteiger partial charge in [0.25, 0.3) is 23.3 Å². The van der Waals surface area contributed by atoms with Gasteiger partial charge in [-0.15, -0.1) is 0 Å². The van der Waals surface area contributed by atoms with E-state index in [1.54, 1.807) is 28.8 Å². The first-order valence-corrected chi connectivity index (χ1v) is 11.8. The maximum Gasteiger partial charge on any atom is 0.266 e. The van der Waals surface area contributed by atoms with Crippen molar-refractivity contribution < 1.29 is 14.4 Å². The van der Waals surface area contributed by atoms with E-state index < -0.39 is 17.7 Å². The minimum Gasteiger partial charge on any atom is -0.322 e. The molecule has 1 N–H and O–H groups in total. The van der Waals surface area contributed by atoms with Crippen LogP contribution in [-0.2, 0) is 13.0 Å². The van der Waals surface area contributed by atoms with Gasteiger partial charge in [0.15, 0.2) is 0 Å². The van der Waals surface area contributed by atoms with Gasteiger partial charge in [-0.3, -0.25) is 23.7 Å². The van der Waals surface area contributed by atoms with Gasteiger partial charge in [-0.2, -0.15) is 0 Å². The molecular formula is C28H22N4O4. The second-order valence-electron chi connectivity index (χ2n) is 9.27. The van der Waals surface area contributed by atoms with E-state index in [-0.39, 0.29) is 22.2 Å². The Balaban J connectivity index is 1.30. The molecule has 36 heavy (non-hydrogen) atoms. The molecule has 0 unspecified atom stereocenters. The smallest absolute Gasteiger partial charge is 0.266 e. The fourth-order valence-corrected chi connectivity index (χ4v) is 4.93. The quantitative estimate of drug-likeness (QED) is 0.449. The Bertz CT molecular complexity index is 1700. The highest BCUT2D eigenvalue weighted by atomic mass is 16.2. The number of aryl methyl sites for hydroxylation is 3. The number of nitrogens with one attached hydrogen (secondary N) is 1. The van der Waals surface area contributed by atoms with Crippen LogP contribution in [0.1, 0.15) is 54.4 Å². The van der Waals surface area contributed by atoms with Crippen molar-refractivity contribution in [2.45, 2.75) is 33.2 Å². The Morgan fingerprint density at radius 1 is 0.917 bits per heavy atom. The van der Waals surface area contributed by atoms with Crippen molar-refractivity contribution in [3.63, 3.8) is 0 Å². The highest BCUT2D eigenvalue weighted by Gasteiger charge is 2.37. The zero-order valence-corrected chi connectivity index (χ0v) is 19.8. The molecule has 0 aliphatic carbocycles. The van der Waals surface area contributed by atoms with Gasteiger partial charge in [0, 0.05) is 24.2 Å². The number of carbonyl (C=O) groups is 3. The number of hydrogen-bond acceptors (Lipinski definition) is 5. The van der Waals surface area contributed by atoms with Gasteiger partial charge in [-0.05, 0) is 73.9 Å². The van der Waals surface area contributed by atoms with Crippen molar-refractivity contribution in [2.24, 2.45) is 0 Å². The van der Waals surface area contributed by atoms with Crippen molar-refractivity contribution in [2.75, 3.05) is 10.2 Å².